The summed E-state index contributed by atoms with van der Waals surface area (Å²) in [5.41, 5.74) is 1.32. The molecule has 0 radical (unpaired) electrons. The molecule has 0 bridgehead atoms. The topological polar surface area (TPSA) is 66.9 Å². The maximum atomic E-state index is 12.1. The van der Waals surface area contributed by atoms with Crippen LogP contribution in [-0.2, 0) is 6.54 Å². The fourth-order valence-corrected chi connectivity index (χ4v) is 1.87. The van der Waals surface area contributed by atoms with Crippen LogP contribution in [0.5, 0.6) is 0 Å². The molecule has 1 aromatic heterocycles. The zero-order valence-electron chi connectivity index (χ0n) is 12.6. The molecule has 0 aliphatic heterocycles. The maximum Gasteiger partial charge on any atom is 0.270 e. The molecule has 0 atom stereocenters. The number of nitrogens with one attached hydrogen (secondary N) is 2. The number of rotatable bonds is 6. The smallest absolute Gasteiger partial charge is 0.270 e. The van der Waals surface area contributed by atoms with Gasteiger partial charge in [-0.25, -0.2) is 9.97 Å². The van der Waals surface area contributed by atoms with Crippen molar-refractivity contribution in [2.45, 2.75) is 20.4 Å². The second-order valence-electron chi connectivity index (χ2n) is 5.35. The number of anilines is 1. The third kappa shape index (κ3) is 5.00. The Morgan fingerprint density at radius 1 is 1.23 bits per heavy atom. The summed E-state index contributed by atoms with van der Waals surface area (Å²) >= 11 is 5.83. The molecule has 0 aliphatic rings. The molecule has 2 aromatic rings. The molecule has 2 rings (SSSR count). The van der Waals surface area contributed by atoms with Crippen molar-refractivity contribution in [1.29, 1.82) is 0 Å². The van der Waals surface area contributed by atoms with Gasteiger partial charge in [-0.2, -0.15) is 0 Å². The lowest BCUT2D eigenvalue weighted by Crippen LogP contribution is -2.24. The molecular weight excluding hydrogens is 300 g/mol. The normalized spacial score (nSPS) is 10.5. The molecule has 1 heterocycles. The second-order valence-corrected chi connectivity index (χ2v) is 5.79. The van der Waals surface area contributed by atoms with Crippen LogP contribution in [-0.4, -0.2) is 22.4 Å². The number of carbonyl (C=O) groups excluding carboxylic acids is 1. The number of benzene rings is 1. The average Bonchev–Trinajstić information content (AvgIpc) is 2.52. The van der Waals surface area contributed by atoms with E-state index in [-0.39, 0.29) is 5.91 Å². The highest BCUT2D eigenvalue weighted by Gasteiger charge is 2.08. The van der Waals surface area contributed by atoms with Crippen molar-refractivity contribution < 1.29 is 4.79 Å². The second kappa shape index (κ2) is 7.75. The molecule has 0 aliphatic carbocycles. The van der Waals surface area contributed by atoms with Gasteiger partial charge in [-0.3, -0.25) is 4.79 Å². The monoisotopic (exact) mass is 318 g/mol. The molecule has 0 saturated heterocycles. The summed E-state index contributed by atoms with van der Waals surface area (Å²) in [5, 5.41) is 6.60. The van der Waals surface area contributed by atoms with Crippen molar-refractivity contribution >= 4 is 23.5 Å². The van der Waals surface area contributed by atoms with E-state index in [2.05, 4.69) is 34.4 Å². The summed E-state index contributed by atoms with van der Waals surface area (Å²) in [5.74, 6) is 0.712. The number of amides is 1. The first-order chi connectivity index (χ1) is 10.5. The van der Waals surface area contributed by atoms with Crippen LogP contribution in [0.2, 0.25) is 5.02 Å². The molecule has 0 saturated carbocycles. The van der Waals surface area contributed by atoms with Crippen LogP contribution in [0, 0.1) is 5.92 Å². The van der Waals surface area contributed by atoms with E-state index in [0.717, 1.165) is 12.1 Å². The lowest BCUT2D eigenvalue weighted by Gasteiger charge is -2.09. The molecule has 0 fully saturated rings. The van der Waals surface area contributed by atoms with Gasteiger partial charge >= 0.3 is 0 Å². The first-order valence-electron chi connectivity index (χ1n) is 7.14. The van der Waals surface area contributed by atoms with Gasteiger partial charge in [-0.1, -0.05) is 37.6 Å². The number of halogens is 1. The Hall–Kier alpha value is -2.14. The third-order valence-electron chi connectivity index (χ3n) is 2.92. The van der Waals surface area contributed by atoms with Crippen LogP contribution in [0.3, 0.4) is 0 Å². The molecule has 1 amide bonds. The van der Waals surface area contributed by atoms with Gasteiger partial charge in [-0.15, -0.1) is 0 Å². The summed E-state index contributed by atoms with van der Waals surface area (Å²) in [6.45, 7) is 5.37. The van der Waals surface area contributed by atoms with Crippen LogP contribution in [0.15, 0.2) is 36.5 Å². The van der Waals surface area contributed by atoms with Gasteiger partial charge in [0.25, 0.3) is 5.91 Å². The van der Waals surface area contributed by atoms with Crippen LogP contribution < -0.4 is 10.6 Å². The van der Waals surface area contributed by atoms with Crippen LogP contribution in [0.1, 0.15) is 29.9 Å². The van der Waals surface area contributed by atoms with Gasteiger partial charge in [-0.05, 0) is 29.7 Å². The maximum absolute atomic E-state index is 12.1. The van der Waals surface area contributed by atoms with Crippen molar-refractivity contribution in [3.63, 3.8) is 0 Å². The number of nitrogens with zero attached hydrogens (tertiary/aromatic N) is 2. The summed E-state index contributed by atoms with van der Waals surface area (Å²) < 4.78 is 0. The van der Waals surface area contributed by atoms with Gasteiger partial charge in [0, 0.05) is 24.3 Å². The molecule has 22 heavy (non-hydrogen) atoms. The fourth-order valence-electron chi connectivity index (χ4n) is 1.74. The van der Waals surface area contributed by atoms with Crippen LogP contribution in [0.25, 0.3) is 0 Å². The standard InChI is InChI=1S/C16H19ClN4O/c1-11(2)9-20-16-18-8-7-14(21-16)15(22)19-10-12-3-5-13(17)6-4-12/h3-8,11H,9-10H2,1-2H3,(H,19,22)(H,18,20,21). The highest BCUT2D eigenvalue weighted by atomic mass is 35.5. The Labute approximate surface area is 135 Å². The average molecular weight is 319 g/mol. The quantitative estimate of drug-likeness (QED) is 0.858. The zero-order chi connectivity index (χ0) is 15.9. The minimum absolute atomic E-state index is 0.232. The predicted molar refractivity (Wildman–Crippen MR) is 88.0 cm³/mol. The van der Waals surface area contributed by atoms with Gasteiger partial charge in [0.05, 0.1) is 0 Å². The largest absolute Gasteiger partial charge is 0.354 e. The Morgan fingerprint density at radius 3 is 2.64 bits per heavy atom. The van der Waals surface area contributed by atoms with Crippen molar-refractivity contribution in [1.82, 2.24) is 15.3 Å². The van der Waals surface area contributed by atoms with Crippen LogP contribution in [0.4, 0.5) is 5.95 Å². The van der Waals surface area contributed by atoms with E-state index in [1.807, 2.05) is 12.1 Å². The van der Waals surface area contributed by atoms with E-state index in [1.54, 1.807) is 24.4 Å². The first kappa shape index (κ1) is 16.2. The summed E-state index contributed by atoms with van der Waals surface area (Å²) in [6.07, 6.45) is 1.58. The summed E-state index contributed by atoms with van der Waals surface area (Å²) in [7, 11) is 0. The Bertz CT molecular complexity index is 628. The molecule has 0 unspecified atom stereocenters. The highest BCUT2D eigenvalue weighted by molar-refractivity contribution is 6.30. The van der Waals surface area contributed by atoms with Gasteiger partial charge in [0.15, 0.2) is 0 Å². The van der Waals surface area contributed by atoms with E-state index >= 15 is 0 Å². The van der Waals surface area contributed by atoms with Crippen molar-refractivity contribution in [3.8, 4) is 0 Å². The van der Waals surface area contributed by atoms with Crippen LogP contribution >= 0.6 is 11.6 Å². The number of carbonyl (C=O) groups is 1. The Balaban J connectivity index is 1.94. The molecule has 1 aromatic carbocycles. The van der Waals surface area contributed by atoms with Gasteiger partial charge in [0.2, 0.25) is 5.95 Å². The summed E-state index contributed by atoms with van der Waals surface area (Å²) in [4.78, 5) is 20.4. The van der Waals surface area contributed by atoms with Crippen molar-refractivity contribution in [3.05, 3.63) is 52.8 Å². The minimum Gasteiger partial charge on any atom is -0.354 e. The molecule has 2 N–H and O–H groups in total. The molecule has 116 valence electrons. The SMILES string of the molecule is CC(C)CNc1nccc(C(=O)NCc2ccc(Cl)cc2)n1. The summed E-state index contributed by atoms with van der Waals surface area (Å²) in [6, 6.07) is 8.93. The molecule has 5 nitrogen and oxygen atoms in total. The minimum atomic E-state index is -0.232. The Kier molecular flexibility index (Phi) is 5.72. The van der Waals surface area contributed by atoms with E-state index in [1.165, 1.54) is 0 Å². The van der Waals surface area contributed by atoms with Gasteiger partial charge in [0.1, 0.15) is 5.69 Å². The molecule has 6 heteroatoms. The molecule has 0 spiro atoms. The van der Waals surface area contributed by atoms with Crippen molar-refractivity contribution in [2.75, 3.05) is 11.9 Å². The third-order valence-corrected chi connectivity index (χ3v) is 3.17. The zero-order valence-corrected chi connectivity index (χ0v) is 13.4. The number of aromatic nitrogens is 2. The van der Waals surface area contributed by atoms with E-state index < -0.39 is 0 Å². The predicted octanol–water partition coefficient (Wildman–Crippen LogP) is 3.13. The lowest BCUT2D eigenvalue weighted by molar-refractivity contribution is 0.0946. The molecular formula is C16H19ClN4O. The Morgan fingerprint density at radius 2 is 1.95 bits per heavy atom. The van der Waals surface area contributed by atoms with E-state index in [0.29, 0.717) is 29.1 Å². The fraction of sp³-hybridized carbons (Fsp3) is 0.312. The van der Waals surface area contributed by atoms with E-state index in [9.17, 15) is 4.79 Å². The number of hydrogen-bond acceptors (Lipinski definition) is 4. The van der Waals surface area contributed by atoms with Crippen molar-refractivity contribution in [2.24, 2.45) is 5.92 Å². The highest BCUT2D eigenvalue weighted by Crippen LogP contribution is 2.09. The lowest BCUT2D eigenvalue weighted by atomic mass is 10.2. The number of hydrogen-bond donors (Lipinski definition) is 2. The van der Waals surface area contributed by atoms with E-state index in [4.69, 9.17) is 11.6 Å². The first-order valence-corrected chi connectivity index (χ1v) is 7.52. The van der Waals surface area contributed by atoms with Gasteiger partial charge < -0.3 is 10.6 Å².